The van der Waals surface area contributed by atoms with Crippen LogP contribution in [0.25, 0.3) is 79.3 Å². The van der Waals surface area contributed by atoms with E-state index in [4.69, 9.17) is 15.0 Å². The monoisotopic (exact) mass is 830 g/mol. The van der Waals surface area contributed by atoms with Crippen LogP contribution in [-0.4, -0.2) is 15.0 Å². The predicted octanol–water partition coefficient (Wildman–Crippen LogP) is 14.8. The van der Waals surface area contributed by atoms with Crippen LogP contribution in [0, 0.1) is 6.92 Å². The minimum atomic E-state index is -0.405. The summed E-state index contributed by atoms with van der Waals surface area (Å²) in [5.41, 5.74) is 20.6. The summed E-state index contributed by atoms with van der Waals surface area (Å²) in [5.74, 6) is 1.89. The first kappa shape index (κ1) is 38.2. The van der Waals surface area contributed by atoms with Crippen molar-refractivity contribution in [3.05, 3.63) is 263 Å². The van der Waals surface area contributed by atoms with E-state index in [0.29, 0.717) is 17.5 Å². The second-order valence-electron chi connectivity index (χ2n) is 16.9. The third-order valence-electron chi connectivity index (χ3n) is 13.1. The van der Waals surface area contributed by atoms with E-state index in [9.17, 15) is 0 Å². The van der Waals surface area contributed by atoms with Crippen LogP contribution >= 0.6 is 0 Å². The van der Waals surface area contributed by atoms with Crippen LogP contribution in [0.1, 0.15) is 38.9 Å². The van der Waals surface area contributed by atoms with Crippen molar-refractivity contribution in [2.45, 2.75) is 12.3 Å². The van der Waals surface area contributed by atoms with E-state index in [1.807, 2.05) is 60.7 Å². The molecule has 0 saturated heterocycles. The molecule has 0 saturated carbocycles. The molecular weight excluding hydrogens is 789 g/mol. The van der Waals surface area contributed by atoms with Crippen LogP contribution in [0.4, 0.5) is 5.69 Å². The molecule has 1 heterocycles. The maximum Gasteiger partial charge on any atom is 0.164 e. The van der Waals surface area contributed by atoms with Gasteiger partial charge in [0, 0.05) is 28.1 Å². The fourth-order valence-electron chi connectivity index (χ4n) is 10.1. The van der Waals surface area contributed by atoms with Crippen molar-refractivity contribution < 1.29 is 0 Å². The van der Waals surface area contributed by atoms with E-state index < -0.39 is 5.41 Å². The van der Waals surface area contributed by atoms with E-state index in [0.717, 1.165) is 50.3 Å². The van der Waals surface area contributed by atoms with Crippen molar-refractivity contribution in [1.82, 2.24) is 15.0 Å². The molecule has 4 nitrogen and oxygen atoms in total. The number of fused-ring (bicyclic) bond motifs is 10. The number of aryl methyl sites for hydroxylation is 1. The van der Waals surface area contributed by atoms with Gasteiger partial charge in [-0.15, -0.1) is 0 Å². The fraction of sp³-hybridized carbons (Fsp3) is 0.0328. The normalized spacial score (nSPS) is 12.9. The summed E-state index contributed by atoms with van der Waals surface area (Å²) in [5, 5.41) is 3.85. The zero-order valence-corrected chi connectivity index (χ0v) is 35.8. The zero-order chi connectivity index (χ0) is 43.3. The van der Waals surface area contributed by atoms with E-state index in [1.54, 1.807) is 0 Å². The van der Waals surface area contributed by atoms with Gasteiger partial charge in [-0.25, -0.2) is 15.0 Å². The molecule has 10 aromatic rings. The summed E-state index contributed by atoms with van der Waals surface area (Å²) in [6.07, 6.45) is 2.23. The predicted molar refractivity (Wildman–Crippen MR) is 267 cm³/mol. The highest BCUT2D eigenvalue weighted by Crippen LogP contribution is 2.63. The van der Waals surface area contributed by atoms with Gasteiger partial charge in [0.05, 0.1) is 5.41 Å². The molecule has 0 amide bonds. The molecule has 0 radical (unpaired) electrons. The number of benzene rings is 9. The summed E-state index contributed by atoms with van der Waals surface area (Å²) >= 11 is 0. The van der Waals surface area contributed by atoms with Crippen LogP contribution in [0.3, 0.4) is 0 Å². The Labute approximate surface area is 379 Å². The van der Waals surface area contributed by atoms with E-state index >= 15 is 0 Å². The Hall–Kier alpha value is -8.47. The summed E-state index contributed by atoms with van der Waals surface area (Å²) < 4.78 is 0. The Morgan fingerprint density at radius 3 is 1.48 bits per heavy atom. The average molecular weight is 831 g/mol. The summed E-state index contributed by atoms with van der Waals surface area (Å²) in [4.78, 5) is 15.0. The van der Waals surface area contributed by atoms with Crippen molar-refractivity contribution in [1.29, 1.82) is 0 Å². The summed E-state index contributed by atoms with van der Waals surface area (Å²) in [6, 6.07) is 80.1. The topological polar surface area (TPSA) is 50.7 Å². The van der Waals surface area contributed by atoms with Gasteiger partial charge >= 0.3 is 0 Å². The molecule has 0 aliphatic heterocycles. The first-order chi connectivity index (χ1) is 32.1. The molecule has 2 aliphatic rings. The van der Waals surface area contributed by atoms with Crippen molar-refractivity contribution in [3.8, 4) is 67.5 Å². The highest BCUT2D eigenvalue weighted by molar-refractivity contribution is 5.96. The Bertz CT molecular complexity index is 3360. The van der Waals surface area contributed by atoms with Gasteiger partial charge in [0.2, 0.25) is 0 Å². The van der Waals surface area contributed by atoms with Crippen molar-refractivity contribution >= 4 is 17.5 Å². The van der Waals surface area contributed by atoms with Gasteiger partial charge in [0.1, 0.15) is 0 Å². The molecule has 12 rings (SSSR count). The van der Waals surface area contributed by atoms with Gasteiger partial charge in [0.15, 0.2) is 17.5 Å². The maximum atomic E-state index is 5.03. The van der Waals surface area contributed by atoms with Gasteiger partial charge in [-0.3, -0.25) is 0 Å². The second kappa shape index (κ2) is 15.7. The van der Waals surface area contributed by atoms with E-state index in [-0.39, 0.29) is 0 Å². The second-order valence-corrected chi connectivity index (χ2v) is 16.9. The van der Waals surface area contributed by atoms with Gasteiger partial charge in [0.25, 0.3) is 0 Å². The van der Waals surface area contributed by atoms with Gasteiger partial charge in [-0.2, -0.15) is 0 Å². The first-order valence-electron chi connectivity index (χ1n) is 22.2. The molecule has 4 heteroatoms. The highest BCUT2D eigenvalue weighted by Gasteiger charge is 2.51. The van der Waals surface area contributed by atoms with Gasteiger partial charge in [-0.1, -0.05) is 200 Å². The summed E-state index contributed by atoms with van der Waals surface area (Å²) in [7, 11) is 0. The molecule has 9 aromatic carbocycles. The lowest BCUT2D eigenvalue weighted by Crippen LogP contribution is -2.25. The van der Waals surface area contributed by atoms with Crippen LogP contribution in [0.2, 0.25) is 0 Å². The van der Waals surface area contributed by atoms with Gasteiger partial charge in [-0.05, 0) is 110 Å². The van der Waals surface area contributed by atoms with Crippen LogP contribution < -0.4 is 5.32 Å². The molecule has 1 aromatic heterocycles. The number of anilines is 1. The standard InChI is InChI=1S/C61H42N4/c1-40-18-8-15-33-56(40)62-57(37-41-19-16-26-47(36-41)60-64-58(42-20-4-2-5-21-42)63-59(65-60)43-22-6-3-7-23-43)46-25-17-24-44(38-46)45-34-35-51-50-29-11-14-32-54(50)61(55(51)39-45)52-30-12-9-27-48(52)49-28-10-13-31-53(49)61/h2-39,62H,1H3/b57-37+. The zero-order valence-electron chi connectivity index (χ0n) is 35.8. The van der Waals surface area contributed by atoms with Crippen LogP contribution in [0.15, 0.2) is 224 Å². The Kier molecular flexibility index (Phi) is 9.24. The molecule has 1 N–H and O–H groups in total. The number of hydrogen-bond acceptors (Lipinski definition) is 4. The molecule has 2 aliphatic carbocycles. The molecule has 0 unspecified atom stereocenters. The lowest BCUT2D eigenvalue weighted by Gasteiger charge is -2.30. The SMILES string of the molecule is Cc1ccccc1N/C(=C/c1cccc(-c2nc(-c3ccccc3)nc(-c3ccccc3)n2)c1)c1cccc(-c2ccc3c(c2)C2(c4ccccc4-c4ccccc42)c2ccccc2-3)c1. The number of rotatable bonds is 8. The third-order valence-corrected chi connectivity index (χ3v) is 13.1. The average Bonchev–Trinajstić information content (AvgIpc) is 3.84. The smallest absolute Gasteiger partial charge is 0.164 e. The number of aromatic nitrogens is 3. The largest absolute Gasteiger partial charge is 0.355 e. The molecule has 306 valence electrons. The first-order valence-corrected chi connectivity index (χ1v) is 22.2. The van der Waals surface area contributed by atoms with Gasteiger partial charge < -0.3 is 5.32 Å². The number of nitrogens with one attached hydrogen (secondary N) is 1. The number of hydrogen-bond donors (Lipinski definition) is 1. The lowest BCUT2D eigenvalue weighted by atomic mass is 9.70. The molecule has 1 spiro atoms. The highest BCUT2D eigenvalue weighted by atomic mass is 15.0. The number of nitrogens with zero attached hydrogens (tertiary/aromatic N) is 3. The Balaban J connectivity index is 0.978. The third kappa shape index (κ3) is 6.49. The van der Waals surface area contributed by atoms with Crippen molar-refractivity contribution in [2.75, 3.05) is 5.32 Å². The Morgan fingerprint density at radius 2 is 0.862 bits per heavy atom. The van der Waals surface area contributed by atoms with Crippen molar-refractivity contribution in [2.24, 2.45) is 0 Å². The lowest BCUT2D eigenvalue weighted by molar-refractivity contribution is 0.794. The van der Waals surface area contributed by atoms with Crippen LogP contribution in [0.5, 0.6) is 0 Å². The maximum absolute atomic E-state index is 5.03. The molecule has 65 heavy (non-hydrogen) atoms. The molecule has 0 bridgehead atoms. The van der Waals surface area contributed by atoms with Crippen LogP contribution in [-0.2, 0) is 5.41 Å². The number of para-hydroxylation sites is 1. The quantitative estimate of drug-likeness (QED) is 0.155. The Morgan fingerprint density at radius 1 is 0.385 bits per heavy atom. The molecule has 0 atom stereocenters. The summed E-state index contributed by atoms with van der Waals surface area (Å²) in [6.45, 7) is 2.14. The van der Waals surface area contributed by atoms with E-state index in [2.05, 4.69) is 182 Å². The van der Waals surface area contributed by atoms with E-state index in [1.165, 1.54) is 50.1 Å². The molecule has 0 fully saturated rings. The molecular formula is C61H42N4. The van der Waals surface area contributed by atoms with Crippen molar-refractivity contribution in [3.63, 3.8) is 0 Å². The minimum absolute atomic E-state index is 0.405. The minimum Gasteiger partial charge on any atom is -0.355 e. The fourth-order valence-corrected chi connectivity index (χ4v) is 10.1.